The van der Waals surface area contributed by atoms with Crippen molar-refractivity contribution in [2.45, 2.75) is 31.2 Å². The maximum absolute atomic E-state index is 2.52. The van der Waals surface area contributed by atoms with Crippen molar-refractivity contribution in [2.75, 3.05) is 14.1 Å². The van der Waals surface area contributed by atoms with Gasteiger partial charge >= 0.3 is 0 Å². The topological polar surface area (TPSA) is 3.24 Å². The molecule has 0 aromatic carbocycles. The molecule has 3 aliphatic carbocycles. The van der Waals surface area contributed by atoms with E-state index >= 15 is 0 Å². The summed E-state index contributed by atoms with van der Waals surface area (Å²) >= 11 is 0. The minimum atomic E-state index is 0.582. The lowest BCUT2D eigenvalue weighted by Gasteiger charge is -2.41. The normalized spacial score (nSPS) is 52.1. The summed E-state index contributed by atoms with van der Waals surface area (Å²) in [5, 5.41) is 0. The second-order valence-electron chi connectivity index (χ2n) is 5.35. The van der Waals surface area contributed by atoms with Crippen molar-refractivity contribution >= 4 is 0 Å². The summed E-state index contributed by atoms with van der Waals surface area (Å²) in [4.78, 5) is 2.52. The van der Waals surface area contributed by atoms with Gasteiger partial charge in [-0.15, -0.1) is 0 Å². The van der Waals surface area contributed by atoms with Crippen LogP contribution in [0.3, 0.4) is 0 Å². The van der Waals surface area contributed by atoms with Crippen LogP contribution in [0.4, 0.5) is 0 Å². The van der Waals surface area contributed by atoms with Crippen molar-refractivity contribution in [2.24, 2.45) is 17.8 Å². The average Bonchev–Trinajstić information content (AvgIpc) is 2.76. The summed E-state index contributed by atoms with van der Waals surface area (Å²) in [6, 6.07) is 0. The molecule has 0 N–H and O–H groups in total. The maximum Gasteiger partial charge on any atom is 0.0243 e. The summed E-state index contributed by atoms with van der Waals surface area (Å²) in [5.41, 5.74) is 0.582. The second-order valence-corrected chi connectivity index (χ2v) is 5.35. The zero-order valence-corrected chi connectivity index (χ0v) is 8.66. The molecule has 2 saturated carbocycles. The first-order valence-corrected chi connectivity index (χ1v) is 5.58. The smallest absolute Gasteiger partial charge is 0.0243 e. The van der Waals surface area contributed by atoms with Gasteiger partial charge in [-0.1, -0.05) is 12.2 Å². The Morgan fingerprint density at radius 3 is 3.00 bits per heavy atom. The molecule has 0 radical (unpaired) electrons. The van der Waals surface area contributed by atoms with Crippen LogP contribution >= 0.6 is 0 Å². The van der Waals surface area contributed by atoms with Gasteiger partial charge in [-0.2, -0.15) is 0 Å². The molecule has 1 nitrogen and oxygen atoms in total. The van der Waals surface area contributed by atoms with Crippen molar-refractivity contribution in [1.82, 2.24) is 4.90 Å². The van der Waals surface area contributed by atoms with Gasteiger partial charge in [-0.05, 0) is 57.5 Å². The van der Waals surface area contributed by atoms with Crippen LogP contribution in [0.1, 0.15) is 25.7 Å². The molecular weight excluding hydrogens is 158 g/mol. The van der Waals surface area contributed by atoms with E-state index < -0.39 is 0 Å². The van der Waals surface area contributed by atoms with E-state index in [-0.39, 0.29) is 0 Å². The number of hydrogen-bond acceptors (Lipinski definition) is 1. The van der Waals surface area contributed by atoms with Gasteiger partial charge in [0.05, 0.1) is 0 Å². The predicted octanol–water partition coefficient (Wildman–Crippen LogP) is 2.29. The molecule has 0 saturated heterocycles. The van der Waals surface area contributed by atoms with Crippen LogP contribution in [-0.2, 0) is 0 Å². The van der Waals surface area contributed by atoms with Crippen LogP contribution in [0.2, 0.25) is 0 Å². The van der Waals surface area contributed by atoms with Crippen LogP contribution < -0.4 is 0 Å². The zero-order valence-electron chi connectivity index (χ0n) is 8.66. The Balaban J connectivity index is 1.98. The zero-order chi connectivity index (χ0) is 9.05. The van der Waals surface area contributed by atoms with Gasteiger partial charge in [0.1, 0.15) is 0 Å². The molecule has 2 bridgehead atoms. The Bertz CT molecular complexity index is 256. The molecule has 3 rings (SSSR count). The number of rotatable bonds is 1. The van der Waals surface area contributed by atoms with E-state index in [1.807, 2.05) is 0 Å². The van der Waals surface area contributed by atoms with E-state index in [4.69, 9.17) is 0 Å². The van der Waals surface area contributed by atoms with E-state index in [0.717, 1.165) is 17.8 Å². The average molecular weight is 177 g/mol. The van der Waals surface area contributed by atoms with Gasteiger partial charge < -0.3 is 4.90 Å². The number of hydrogen-bond donors (Lipinski definition) is 0. The summed E-state index contributed by atoms with van der Waals surface area (Å²) in [7, 11) is 4.56. The first-order valence-electron chi connectivity index (χ1n) is 5.58. The summed E-state index contributed by atoms with van der Waals surface area (Å²) < 4.78 is 0. The van der Waals surface area contributed by atoms with Crippen LogP contribution in [-0.4, -0.2) is 24.5 Å². The molecule has 4 atom stereocenters. The lowest BCUT2D eigenvalue weighted by molar-refractivity contribution is 0.0888. The molecular formula is C12H19N. The molecule has 0 aliphatic heterocycles. The Kier molecular flexibility index (Phi) is 1.48. The van der Waals surface area contributed by atoms with E-state index in [0.29, 0.717) is 5.54 Å². The highest BCUT2D eigenvalue weighted by molar-refractivity contribution is 5.20. The molecule has 0 amide bonds. The molecule has 0 spiro atoms. The molecule has 1 heteroatoms. The highest BCUT2D eigenvalue weighted by atomic mass is 15.2. The fourth-order valence-electron chi connectivity index (χ4n) is 4.23. The highest BCUT2D eigenvalue weighted by Gasteiger charge is 2.58. The highest BCUT2D eigenvalue weighted by Crippen LogP contribution is 2.60. The molecule has 0 aromatic rings. The monoisotopic (exact) mass is 177 g/mol. The molecule has 72 valence electrons. The minimum absolute atomic E-state index is 0.582. The third-order valence-electron chi connectivity index (χ3n) is 4.90. The van der Waals surface area contributed by atoms with Crippen molar-refractivity contribution in [3.8, 4) is 0 Å². The lowest BCUT2D eigenvalue weighted by atomic mass is 9.76. The quantitative estimate of drug-likeness (QED) is 0.555. The Labute approximate surface area is 80.8 Å². The van der Waals surface area contributed by atoms with Gasteiger partial charge in [-0.3, -0.25) is 0 Å². The Morgan fingerprint density at radius 2 is 2.23 bits per heavy atom. The summed E-state index contributed by atoms with van der Waals surface area (Å²) in [5.74, 6) is 2.92. The van der Waals surface area contributed by atoms with Gasteiger partial charge in [0.25, 0.3) is 0 Å². The first kappa shape index (κ1) is 8.05. The number of fused-ring (bicyclic) bond motifs is 5. The molecule has 4 unspecified atom stereocenters. The van der Waals surface area contributed by atoms with E-state index in [1.165, 1.54) is 25.7 Å². The van der Waals surface area contributed by atoms with Gasteiger partial charge in [0.15, 0.2) is 0 Å². The number of nitrogens with zero attached hydrogens (tertiary/aromatic N) is 1. The third kappa shape index (κ3) is 0.817. The first-order chi connectivity index (χ1) is 6.24. The Morgan fingerprint density at radius 1 is 1.38 bits per heavy atom. The van der Waals surface area contributed by atoms with Crippen molar-refractivity contribution < 1.29 is 0 Å². The van der Waals surface area contributed by atoms with Gasteiger partial charge in [-0.25, -0.2) is 0 Å². The van der Waals surface area contributed by atoms with Gasteiger partial charge in [0, 0.05) is 5.54 Å². The fourth-order valence-corrected chi connectivity index (χ4v) is 4.23. The largest absolute Gasteiger partial charge is 0.303 e. The predicted molar refractivity (Wildman–Crippen MR) is 54.5 cm³/mol. The van der Waals surface area contributed by atoms with Crippen molar-refractivity contribution in [3.05, 3.63) is 12.2 Å². The van der Waals surface area contributed by atoms with Crippen LogP contribution in [0.5, 0.6) is 0 Å². The third-order valence-corrected chi connectivity index (χ3v) is 4.90. The second kappa shape index (κ2) is 2.38. The number of allylic oxidation sites excluding steroid dienone is 2. The standard InChI is InChI=1S/C12H19N/c1-13(2)12-7-6-9(8-12)10-4-3-5-11(10)12/h3-4,9-11H,5-8H2,1-2H3. The molecule has 0 aromatic heterocycles. The lowest BCUT2D eigenvalue weighted by Crippen LogP contribution is -2.47. The van der Waals surface area contributed by atoms with Crippen molar-refractivity contribution in [1.29, 1.82) is 0 Å². The van der Waals surface area contributed by atoms with Crippen LogP contribution in [0, 0.1) is 17.8 Å². The molecule has 0 heterocycles. The summed E-state index contributed by atoms with van der Waals surface area (Å²) in [6.07, 6.45) is 10.7. The minimum Gasteiger partial charge on any atom is -0.303 e. The van der Waals surface area contributed by atoms with Crippen molar-refractivity contribution in [3.63, 3.8) is 0 Å². The van der Waals surface area contributed by atoms with Crippen LogP contribution in [0.15, 0.2) is 12.2 Å². The fraction of sp³-hybridized carbons (Fsp3) is 0.833. The Hall–Kier alpha value is -0.300. The molecule has 3 aliphatic rings. The van der Waals surface area contributed by atoms with E-state index in [1.54, 1.807) is 0 Å². The molecule has 13 heavy (non-hydrogen) atoms. The van der Waals surface area contributed by atoms with E-state index in [2.05, 4.69) is 31.1 Å². The van der Waals surface area contributed by atoms with Gasteiger partial charge in [0.2, 0.25) is 0 Å². The van der Waals surface area contributed by atoms with E-state index in [9.17, 15) is 0 Å². The van der Waals surface area contributed by atoms with Crippen LogP contribution in [0.25, 0.3) is 0 Å². The maximum atomic E-state index is 2.52. The SMILES string of the molecule is CN(C)C12CCC(C1)C1C=CCC12. The molecule has 2 fully saturated rings. The summed E-state index contributed by atoms with van der Waals surface area (Å²) in [6.45, 7) is 0.